The molecule has 1 saturated heterocycles. The van der Waals surface area contributed by atoms with E-state index >= 15 is 0 Å². The fourth-order valence-electron chi connectivity index (χ4n) is 4.37. The second-order valence-electron chi connectivity index (χ2n) is 8.84. The van der Waals surface area contributed by atoms with Crippen LogP contribution in [0.2, 0.25) is 10.0 Å². The lowest BCUT2D eigenvalue weighted by atomic mass is 9.96. The Labute approximate surface area is 213 Å². The number of nitrogens with one attached hydrogen (secondary N) is 1. The standard InChI is InChI=1S/C25H26Cl2FN3O2S/c1-34-30-25(32)20-10-19(16-2-3-16)24(11-23(20)28)33-14-15-4-6-31(7-5-15)13-17-8-18(26)9-22(27)21(17)12-29/h8-11,15-16H,2-7,13-14H2,1H3,(H,30,32). The van der Waals surface area contributed by atoms with Gasteiger partial charge in [0.05, 0.1) is 22.8 Å². The van der Waals surface area contributed by atoms with Gasteiger partial charge in [-0.1, -0.05) is 35.1 Å². The van der Waals surface area contributed by atoms with E-state index in [1.807, 2.05) is 0 Å². The van der Waals surface area contributed by atoms with Gasteiger partial charge in [0.2, 0.25) is 0 Å². The third-order valence-corrected chi connectivity index (χ3v) is 7.29. The zero-order valence-electron chi connectivity index (χ0n) is 18.9. The van der Waals surface area contributed by atoms with Crippen molar-refractivity contribution >= 4 is 41.1 Å². The van der Waals surface area contributed by atoms with Gasteiger partial charge in [-0.05, 0) is 79.9 Å². The van der Waals surface area contributed by atoms with Crippen LogP contribution >= 0.6 is 35.1 Å². The number of likely N-dealkylation sites (tertiary alicyclic amines) is 1. The Morgan fingerprint density at radius 1 is 1.24 bits per heavy atom. The molecule has 2 aliphatic rings. The molecule has 0 radical (unpaired) electrons. The number of rotatable bonds is 8. The maximum atomic E-state index is 14.6. The van der Waals surface area contributed by atoms with E-state index in [9.17, 15) is 14.4 Å². The number of hydrogen-bond donors (Lipinski definition) is 1. The van der Waals surface area contributed by atoms with Crippen molar-refractivity contribution < 1.29 is 13.9 Å². The lowest BCUT2D eigenvalue weighted by molar-refractivity contribution is 0.0980. The van der Waals surface area contributed by atoms with Crippen LogP contribution in [0.1, 0.15) is 58.6 Å². The molecule has 2 aromatic rings. The van der Waals surface area contributed by atoms with E-state index in [4.69, 9.17) is 27.9 Å². The smallest absolute Gasteiger partial charge is 0.264 e. The van der Waals surface area contributed by atoms with Gasteiger partial charge in [0.15, 0.2) is 0 Å². The Morgan fingerprint density at radius 3 is 2.62 bits per heavy atom. The van der Waals surface area contributed by atoms with Gasteiger partial charge in [0.25, 0.3) is 5.91 Å². The van der Waals surface area contributed by atoms with Gasteiger partial charge in [0, 0.05) is 23.9 Å². The van der Waals surface area contributed by atoms with Crippen LogP contribution in [0.5, 0.6) is 5.75 Å². The third-order valence-electron chi connectivity index (χ3n) is 6.38. The summed E-state index contributed by atoms with van der Waals surface area (Å²) in [5.41, 5.74) is 2.30. The summed E-state index contributed by atoms with van der Waals surface area (Å²) in [5, 5.41) is 10.3. The van der Waals surface area contributed by atoms with E-state index in [1.54, 1.807) is 24.5 Å². The van der Waals surface area contributed by atoms with Crippen molar-refractivity contribution in [3.8, 4) is 11.8 Å². The van der Waals surface area contributed by atoms with Crippen LogP contribution < -0.4 is 9.46 Å². The molecule has 1 N–H and O–H groups in total. The van der Waals surface area contributed by atoms with Crippen LogP contribution in [-0.4, -0.2) is 36.8 Å². The fraction of sp³-hybridized carbons (Fsp3) is 0.440. The van der Waals surface area contributed by atoms with E-state index < -0.39 is 11.7 Å². The number of benzene rings is 2. The minimum absolute atomic E-state index is 0.0646. The molecule has 1 aliphatic heterocycles. The number of ether oxygens (including phenoxy) is 1. The molecule has 34 heavy (non-hydrogen) atoms. The summed E-state index contributed by atoms with van der Waals surface area (Å²) in [6, 6.07) is 8.59. The van der Waals surface area contributed by atoms with Crippen molar-refractivity contribution in [1.82, 2.24) is 9.62 Å². The predicted molar refractivity (Wildman–Crippen MR) is 134 cm³/mol. The van der Waals surface area contributed by atoms with Crippen LogP contribution in [0.25, 0.3) is 0 Å². The van der Waals surface area contributed by atoms with Crippen LogP contribution in [0, 0.1) is 23.1 Å². The second kappa shape index (κ2) is 11.2. The van der Waals surface area contributed by atoms with Gasteiger partial charge in [-0.2, -0.15) is 5.26 Å². The first-order valence-corrected chi connectivity index (χ1v) is 13.3. The summed E-state index contributed by atoms with van der Waals surface area (Å²) < 4.78 is 23.3. The number of carbonyl (C=O) groups is 1. The molecule has 2 aromatic carbocycles. The first-order chi connectivity index (χ1) is 16.4. The Kier molecular flexibility index (Phi) is 8.26. The molecule has 1 aliphatic carbocycles. The number of piperidine rings is 1. The van der Waals surface area contributed by atoms with Crippen LogP contribution in [0.4, 0.5) is 4.39 Å². The van der Waals surface area contributed by atoms with Crippen molar-refractivity contribution in [2.24, 2.45) is 5.92 Å². The molecular weight excluding hydrogens is 496 g/mol. The Hall–Kier alpha value is -1.98. The minimum atomic E-state index is -0.561. The average Bonchev–Trinajstić information content (AvgIpc) is 3.64. The molecule has 0 atom stereocenters. The number of amides is 1. The topological polar surface area (TPSA) is 65.4 Å². The molecule has 1 saturated carbocycles. The zero-order chi connectivity index (χ0) is 24.2. The Bertz CT molecular complexity index is 1110. The zero-order valence-corrected chi connectivity index (χ0v) is 21.2. The number of carbonyl (C=O) groups excluding carboxylic acids is 1. The molecule has 5 nitrogen and oxygen atoms in total. The number of nitriles is 1. The van der Waals surface area contributed by atoms with Crippen LogP contribution in [-0.2, 0) is 6.54 Å². The summed E-state index contributed by atoms with van der Waals surface area (Å²) in [7, 11) is 0. The average molecular weight is 522 g/mol. The van der Waals surface area contributed by atoms with Gasteiger partial charge in [-0.15, -0.1) is 0 Å². The molecule has 0 unspecified atom stereocenters. The summed E-state index contributed by atoms with van der Waals surface area (Å²) >= 11 is 13.5. The first-order valence-electron chi connectivity index (χ1n) is 11.3. The van der Waals surface area contributed by atoms with Gasteiger partial charge >= 0.3 is 0 Å². The summed E-state index contributed by atoms with van der Waals surface area (Å²) in [6.45, 7) is 2.85. The molecule has 9 heteroatoms. The summed E-state index contributed by atoms with van der Waals surface area (Å²) in [4.78, 5) is 14.5. The SMILES string of the molecule is CSNC(=O)c1cc(C2CC2)c(OCC2CCN(Cc3cc(Cl)cc(Cl)c3C#N)CC2)cc1F. The molecule has 0 aromatic heterocycles. The van der Waals surface area contributed by atoms with Gasteiger partial charge in [-0.25, -0.2) is 4.39 Å². The monoisotopic (exact) mass is 521 g/mol. The lowest BCUT2D eigenvalue weighted by Crippen LogP contribution is -2.35. The number of nitrogens with zero attached hydrogens (tertiary/aromatic N) is 2. The van der Waals surface area contributed by atoms with Crippen LogP contribution in [0.3, 0.4) is 0 Å². The third kappa shape index (κ3) is 5.98. The minimum Gasteiger partial charge on any atom is -0.493 e. The van der Waals surface area contributed by atoms with Crippen molar-refractivity contribution in [1.29, 1.82) is 5.26 Å². The van der Waals surface area contributed by atoms with Crippen molar-refractivity contribution in [3.05, 3.63) is 62.4 Å². The molecule has 0 bridgehead atoms. The van der Waals surface area contributed by atoms with E-state index in [2.05, 4.69) is 15.7 Å². The van der Waals surface area contributed by atoms with Crippen LogP contribution in [0.15, 0.2) is 24.3 Å². The molecule has 2 fully saturated rings. The van der Waals surface area contributed by atoms with E-state index in [0.717, 1.165) is 61.8 Å². The number of hydrogen-bond acceptors (Lipinski definition) is 5. The van der Waals surface area contributed by atoms with Gasteiger partial charge in [0.1, 0.15) is 17.6 Å². The van der Waals surface area contributed by atoms with E-state index in [0.29, 0.717) is 46.3 Å². The molecule has 1 amide bonds. The van der Waals surface area contributed by atoms with Crippen molar-refractivity contribution in [3.63, 3.8) is 0 Å². The molecule has 1 heterocycles. The maximum absolute atomic E-state index is 14.6. The van der Waals surface area contributed by atoms with Crippen molar-refractivity contribution in [2.45, 2.75) is 38.1 Å². The van der Waals surface area contributed by atoms with Crippen molar-refractivity contribution in [2.75, 3.05) is 26.0 Å². The predicted octanol–water partition coefficient (Wildman–Crippen LogP) is 6.18. The lowest BCUT2D eigenvalue weighted by Gasteiger charge is -2.32. The highest BCUT2D eigenvalue weighted by Gasteiger charge is 2.30. The van der Waals surface area contributed by atoms with Gasteiger partial charge in [-0.3, -0.25) is 14.4 Å². The molecule has 180 valence electrons. The highest BCUT2D eigenvalue weighted by Crippen LogP contribution is 2.45. The largest absolute Gasteiger partial charge is 0.493 e. The second-order valence-corrected chi connectivity index (χ2v) is 10.3. The molecule has 4 rings (SSSR count). The van der Waals surface area contributed by atoms with Gasteiger partial charge < -0.3 is 4.74 Å². The highest BCUT2D eigenvalue weighted by molar-refractivity contribution is 7.97. The highest BCUT2D eigenvalue weighted by atomic mass is 35.5. The maximum Gasteiger partial charge on any atom is 0.264 e. The Morgan fingerprint density at radius 2 is 1.97 bits per heavy atom. The summed E-state index contributed by atoms with van der Waals surface area (Å²) in [6.07, 6.45) is 5.66. The first kappa shape index (κ1) is 25.1. The fourth-order valence-corrected chi connectivity index (χ4v) is 5.24. The molecule has 0 spiro atoms. The Balaban J connectivity index is 1.35. The molecular formula is C25H26Cl2FN3O2S. The summed E-state index contributed by atoms with van der Waals surface area (Å²) in [5.74, 6) is 0.248. The number of halogens is 3. The van der Waals surface area contributed by atoms with E-state index in [1.165, 1.54) is 6.07 Å². The van der Waals surface area contributed by atoms with E-state index in [-0.39, 0.29) is 5.56 Å². The quantitative estimate of drug-likeness (QED) is 0.420. The normalized spacial score (nSPS) is 16.8.